The van der Waals surface area contributed by atoms with Gasteiger partial charge in [0, 0.05) is 45.7 Å². The molecule has 1 aromatic heterocycles. The van der Waals surface area contributed by atoms with Crippen LogP contribution in [0.15, 0.2) is 52.2 Å². The first-order valence-corrected chi connectivity index (χ1v) is 12.5. The summed E-state index contributed by atoms with van der Waals surface area (Å²) in [5.74, 6) is -0.829. The molecule has 0 spiro atoms. The van der Waals surface area contributed by atoms with E-state index in [2.05, 4.69) is 0 Å². The summed E-state index contributed by atoms with van der Waals surface area (Å²) in [4.78, 5) is 27.0. The number of halogens is 2. The van der Waals surface area contributed by atoms with Crippen LogP contribution in [0, 0.1) is 5.82 Å². The maximum absolute atomic E-state index is 13.4. The van der Waals surface area contributed by atoms with Crippen LogP contribution in [0.4, 0.5) is 4.39 Å². The molecule has 8 nitrogen and oxygen atoms in total. The van der Waals surface area contributed by atoms with Crippen molar-refractivity contribution in [3.8, 4) is 0 Å². The van der Waals surface area contributed by atoms with Crippen LogP contribution in [0.2, 0.25) is 5.02 Å². The highest BCUT2D eigenvalue weighted by molar-refractivity contribution is 7.89. The number of benzene rings is 2. The van der Waals surface area contributed by atoms with E-state index < -0.39 is 15.8 Å². The molecule has 2 aromatic carbocycles. The molecule has 0 atom stereocenters. The van der Waals surface area contributed by atoms with Gasteiger partial charge >= 0.3 is 5.69 Å². The molecule has 4 rings (SSSR count). The van der Waals surface area contributed by atoms with Gasteiger partial charge in [0.15, 0.2) is 0 Å². The molecule has 0 aliphatic carbocycles. The summed E-state index contributed by atoms with van der Waals surface area (Å²) in [5, 5.41) is -0.260. The van der Waals surface area contributed by atoms with Crippen molar-refractivity contribution < 1.29 is 17.6 Å². The molecule has 2 heterocycles. The van der Waals surface area contributed by atoms with E-state index in [1.54, 1.807) is 14.0 Å². The van der Waals surface area contributed by atoms with E-state index >= 15 is 0 Å². The Kier molecular flexibility index (Phi) is 6.60. The first-order chi connectivity index (χ1) is 15.7. The standard InChI is InChI=1S/C22H24ClFN4O4S/c1-2-27-19-5-3-4-6-20(19)28(22(27)30)10-9-21(29)25-11-13-26(14-12-25)33(31,32)16-7-8-18(24)17(23)15-16/h3-8,15H,2,9-14H2,1H3. The molecule has 0 radical (unpaired) electrons. The summed E-state index contributed by atoms with van der Waals surface area (Å²) in [6.45, 7) is 3.40. The first kappa shape index (κ1) is 23.5. The molecule has 0 unspecified atom stereocenters. The molecule has 176 valence electrons. The fraction of sp³-hybridized carbons (Fsp3) is 0.364. The molecule has 1 amide bonds. The van der Waals surface area contributed by atoms with Crippen LogP contribution in [0.3, 0.4) is 0 Å². The Bertz CT molecular complexity index is 1360. The fourth-order valence-corrected chi connectivity index (χ4v) is 5.82. The lowest BCUT2D eigenvalue weighted by atomic mass is 10.3. The number of rotatable bonds is 6. The van der Waals surface area contributed by atoms with Crippen molar-refractivity contribution in [2.45, 2.75) is 31.3 Å². The largest absolute Gasteiger partial charge is 0.340 e. The van der Waals surface area contributed by atoms with E-state index in [4.69, 9.17) is 11.6 Å². The third-order valence-corrected chi connectivity index (χ3v) is 8.10. The maximum Gasteiger partial charge on any atom is 0.329 e. The lowest BCUT2D eigenvalue weighted by Gasteiger charge is -2.34. The Balaban J connectivity index is 1.40. The third-order valence-electron chi connectivity index (χ3n) is 5.91. The number of imidazole rings is 1. The molecular weight excluding hydrogens is 471 g/mol. The predicted octanol–water partition coefficient (Wildman–Crippen LogP) is 2.54. The Labute approximate surface area is 195 Å². The zero-order valence-electron chi connectivity index (χ0n) is 18.1. The number of fused-ring (bicyclic) bond motifs is 1. The summed E-state index contributed by atoms with van der Waals surface area (Å²) in [6.07, 6.45) is 0.137. The molecule has 11 heteroatoms. The third kappa shape index (κ3) is 4.42. The first-order valence-electron chi connectivity index (χ1n) is 10.6. The van der Waals surface area contributed by atoms with Gasteiger partial charge in [0.2, 0.25) is 15.9 Å². The number of aryl methyl sites for hydroxylation is 2. The second-order valence-corrected chi connectivity index (χ2v) is 10.1. The van der Waals surface area contributed by atoms with E-state index in [1.807, 2.05) is 31.2 Å². The Morgan fingerprint density at radius 2 is 1.67 bits per heavy atom. The number of para-hydroxylation sites is 2. The van der Waals surface area contributed by atoms with Gasteiger partial charge in [-0.15, -0.1) is 0 Å². The van der Waals surface area contributed by atoms with Crippen LogP contribution in [-0.2, 0) is 27.9 Å². The highest BCUT2D eigenvalue weighted by Crippen LogP contribution is 2.23. The number of amides is 1. The van der Waals surface area contributed by atoms with Crippen LogP contribution in [0.25, 0.3) is 11.0 Å². The SMILES string of the molecule is CCn1c(=O)n(CCC(=O)N2CCN(S(=O)(=O)c3ccc(F)c(Cl)c3)CC2)c2ccccc21. The maximum atomic E-state index is 13.4. The minimum absolute atomic E-state index is 0.0830. The van der Waals surface area contributed by atoms with Gasteiger partial charge in [-0.1, -0.05) is 23.7 Å². The van der Waals surface area contributed by atoms with Gasteiger partial charge in [-0.25, -0.2) is 17.6 Å². The van der Waals surface area contributed by atoms with Crippen molar-refractivity contribution in [3.63, 3.8) is 0 Å². The summed E-state index contributed by atoms with van der Waals surface area (Å²) in [5.41, 5.74) is 1.46. The van der Waals surface area contributed by atoms with Crippen LogP contribution >= 0.6 is 11.6 Å². The molecule has 0 bridgehead atoms. The zero-order chi connectivity index (χ0) is 23.8. The van der Waals surface area contributed by atoms with Crippen molar-refractivity contribution in [2.24, 2.45) is 0 Å². The van der Waals surface area contributed by atoms with Crippen LogP contribution in [0.1, 0.15) is 13.3 Å². The number of carbonyl (C=O) groups excluding carboxylic acids is 1. The Morgan fingerprint density at radius 3 is 2.27 bits per heavy atom. The van der Waals surface area contributed by atoms with E-state index in [9.17, 15) is 22.4 Å². The van der Waals surface area contributed by atoms with Crippen LogP contribution < -0.4 is 5.69 Å². The van der Waals surface area contributed by atoms with Crippen molar-refractivity contribution >= 4 is 38.6 Å². The van der Waals surface area contributed by atoms with E-state index in [-0.39, 0.29) is 60.7 Å². The molecule has 0 N–H and O–H groups in total. The number of sulfonamides is 1. The monoisotopic (exact) mass is 494 g/mol. The number of piperazine rings is 1. The molecule has 1 saturated heterocycles. The highest BCUT2D eigenvalue weighted by Gasteiger charge is 2.30. The van der Waals surface area contributed by atoms with E-state index in [0.717, 1.165) is 23.2 Å². The predicted molar refractivity (Wildman–Crippen MR) is 123 cm³/mol. The summed E-state index contributed by atoms with van der Waals surface area (Å²) in [7, 11) is -3.84. The number of carbonyl (C=O) groups is 1. The summed E-state index contributed by atoms with van der Waals surface area (Å²) < 4.78 is 43.6. The average molecular weight is 495 g/mol. The lowest BCUT2D eigenvalue weighted by molar-refractivity contribution is -0.132. The molecule has 1 fully saturated rings. The quantitative estimate of drug-likeness (QED) is 0.527. The fourth-order valence-electron chi connectivity index (χ4n) is 4.12. The molecular formula is C22H24ClFN4O4S. The van der Waals surface area contributed by atoms with Crippen molar-refractivity contribution in [1.29, 1.82) is 0 Å². The number of hydrogen-bond donors (Lipinski definition) is 0. The number of hydrogen-bond acceptors (Lipinski definition) is 4. The molecule has 33 heavy (non-hydrogen) atoms. The topological polar surface area (TPSA) is 84.6 Å². The van der Waals surface area contributed by atoms with Gasteiger partial charge in [-0.2, -0.15) is 4.31 Å². The van der Waals surface area contributed by atoms with Crippen molar-refractivity contribution in [2.75, 3.05) is 26.2 Å². The van der Waals surface area contributed by atoms with E-state index in [1.165, 1.54) is 10.4 Å². The minimum atomic E-state index is -3.84. The number of aromatic nitrogens is 2. The highest BCUT2D eigenvalue weighted by atomic mass is 35.5. The summed E-state index contributed by atoms with van der Waals surface area (Å²) in [6, 6.07) is 10.8. The molecule has 3 aromatic rings. The van der Waals surface area contributed by atoms with Crippen molar-refractivity contribution in [1.82, 2.24) is 18.3 Å². The minimum Gasteiger partial charge on any atom is -0.340 e. The van der Waals surface area contributed by atoms with Crippen molar-refractivity contribution in [3.05, 3.63) is 63.8 Å². The second-order valence-electron chi connectivity index (χ2n) is 7.78. The van der Waals surface area contributed by atoms with Gasteiger partial charge in [0.05, 0.1) is 21.0 Å². The number of nitrogens with zero attached hydrogens (tertiary/aromatic N) is 4. The zero-order valence-corrected chi connectivity index (χ0v) is 19.6. The Hall–Kier alpha value is -2.69. The second kappa shape index (κ2) is 9.28. The molecule has 1 aliphatic heterocycles. The molecule has 0 saturated carbocycles. The van der Waals surface area contributed by atoms with Gasteiger partial charge in [-0.05, 0) is 37.3 Å². The van der Waals surface area contributed by atoms with Gasteiger partial charge in [0.25, 0.3) is 0 Å². The van der Waals surface area contributed by atoms with Gasteiger partial charge in [0.1, 0.15) is 5.82 Å². The summed E-state index contributed by atoms with van der Waals surface area (Å²) >= 11 is 5.73. The average Bonchev–Trinajstić information content (AvgIpc) is 3.09. The van der Waals surface area contributed by atoms with Gasteiger partial charge in [-0.3, -0.25) is 13.9 Å². The van der Waals surface area contributed by atoms with Crippen LogP contribution in [-0.4, -0.2) is 58.8 Å². The molecule has 1 aliphatic rings. The normalized spacial score (nSPS) is 15.3. The lowest BCUT2D eigenvalue weighted by Crippen LogP contribution is -2.50. The van der Waals surface area contributed by atoms with E-state index in [0.29, 0.717) is 6.54 Å². The van der Waals surface area contributed by atoms with Crippen LogP contribution in [0.5, 0.6) is 0 Å². The smallest absolute Gasteiger partial charge is 0.329 e. The Morgan fingerprint density at radius 1 is 1.03 bits per heavy atom. The van der Waals surface area contributed by atoms with Gasteiger partial charge < -0.3 is 4.90 Å².